The predicted octanol–water partition coefficient (Wildman–Crippen LogP) is 4.15. The van der Waals surface area contributed by atoms with Gasteiger partial charge >= 0.3 is 6.18 Å². The lowest BCUT2D eigenvalue weighted by molar-refractivity contribution is -0.144. The van der Waals surface area contributed by atoms with Crippen molar-refractivity contribution in [1.82, 2.24) is 5.32 Å². The Morgan fingerprint density at radius 1 is 0.947 bits per heavy atom. The Labute approximate surface area is 217 Å². The van der Waals surface area contributed by atoms with Gasteiger partial charge in [-0.2, -0.15) is 13.2 Å². The first-order chi connectivity index (χ1) is 18.1. The number of carbonyl (C=O) groups excluding carboxylic acids is 3. The minimum absolute atomic E-state index is 0.300. The molecule has 0 unspecified atom stereocenters. The summed E-state index contributed by atoms with van der Waals surface area (Å²) < 4.78 is 39.5. The van der Waals surface area contributed by atoms with Gasteiger partial charge in [0.15, 0.2) is 0 Å². The van der Waals surface area contributed by atoms with E-state index >= 15 is 0 Å². The number of amides is 3. The molecule has 0 radical (unpaired) electrons. The Hall–Kier alpha value is -4.47. The predicted molar refractivity (Wildman–Crippen MR) is 136 cm³/mol. The smallest absolute Gasteiger partial charge is 0.369 e. The summed E-state index contributed by atoms with van der Waals surface area (Å²) >= 11 is 0. The Morgan fingerprint density at radius 3 is 2.18 bits per heavy atom. The lowest BCUT2D eigenvalue weighted by Crippen LogP contribution is -2.47. The molecule has 4 rings (SSSR count). The van der Waals surface area contributed by atoms with Gasteiger partial charge in [0.2, 0.25) is 18.0 Å². The number of alkyl halides is 3. The zero-order valence-corrected chi connectivity index (χ0v) is 20.1. The summed E-state index contributed by atoms with van der Waals surface area (Å²) in [6.45, 7) is 0. The van der Waals surface area contributed by atoms with Crippen LogP contribution in [0.3, 0.4) is 0 Å². The number of nitrogens with one attached hydrogen (secondary N) is 2. The number of benzene rings is 3. The maximum atomic E-state index is 13.5. The van der Waals surface area contributed by atoms with Crippen LogP contribution in [0, 0.1) is 5.92 Å². The highest BCUT2D eigenvalue weighted by atomic mass is 19.4. The monoisotopic (exact) mass is 522 g/mol. The fraction of sp³-hybridized carbons (Fsp3) is 0.214. The second-order valence-electron chi connectivity index (χ2n) is 8.84. The van der Waals surface area contributed by atoms with Crippen molar-refractivity contribution in [2.45, 2.75) is 31.1 Å². The molecule has 7 nitrogen and oxygen atoms in total. The van der Waals surface area contributed by atoms with Gasteiger partial charge in [-0.15, -0.1) is 0 Å². The third-order valence-electron chi connectivity index (χ3n) is 6.22. The first-order valence-electron chi connectivity index (χ1n) is 11.9. The van der Waals surface area contributed by atoms with Gasteiger partial charge in [-0.1, -0.05) is 78.9 Å². The summed E-state index contributed by atoms with van der Waals surface area (Å²) in [5.41, 5.74) is 8.03. The zero-order valence-electron chi connectivity index (χ0n) is 20.1. The van der Waals surface area contributed by atoms with Gasteiger partial charge in [-0.25, -0.2) is 4.99 Å². The largest absolute Gasteiger partial charge is 0.389 e. The molecule has 3 atom stereocenters. The Morgan fingerprint density at radius 2 is 1.55 bits per heavy atom. The van der Waals surface area contributed by atoms with Crippen molar-refractivity contribution in [2.75, 3.05) is 5.32 Å². The van der Waals surface area contributed by atoms with Gasteiger partial charge in [0.05, 0.1) is 23.2 Å². The van der Waals surface area contributed by atoms with E-state index in [1.165, 1.54) is 12.1 Å². The van der Waals surface area contributed by atoms with Gasteiger partial charge in [-0.3, -0.25) is 14.4 Å². The topological polar surface area (TPSA) is 114 Å². The van der Waals surface area contributed by atoms with Crippen molar-refractivity contribution < 1.29 is 27.6 Å². The van der Waals surface area contributed by atoms with Crippen LogP contribution in [-0.2, 0) is 14.4 Å². The third kappa shape index (κ3) is 6.26. The number of hydrogen-bond donors (Lipinski definition) is 3. The van der Waals surface area contributed by atoms with Crippen LogP contribution in [-0.4, -0.2) is 35.8 Å². The Balaban J connectivity index is 1.71. The fourth-order valence-corrected chi connectivity index (χ4v) is 4.45. The summed E-state index contributed by atoms with van der Waals surface area (Å²) in [5.74, 6) is -5.41. The number of aliphatic imine (C=N–C) groups is 1. The molecule has 3 aromatic rings. The molecular weight excluding hydrogens is 497 g/mol. The molecule has 3 amide bonds. The maximum absolute atomic E-state index is 13.5. The number of benzodiazepines with no additional fused rings is 1. The number of nitrogens with zero attached hydrogens (tertiary/aromatic N) is 1. The van der Waals surface area contributed by atoms with Crippen LogP contribution in [0.25, 0.3) is 0 Å². The third-order valence-corrected chi connectivity index (χ3v) is 6.22. The molecule has 0 spiro atoms. The Bertz CT molecular complexity index is 1340. The highest BCUT2D eigenvalue weighted by Crippen LogP contribution is 2.33. The molecule has 1 aliphatic rings. The van der Waals surface area contributed by atoms with Gasteiger partial charge in [0.25, 0.3) is 5.91 Å². The van der Waals surface area contributed by atoms with E-state index in [0.29, 0.717) is 28.1 Å². The van der Waals surface area contributed by atoms with Crippen LogP contribution in [0.1, 0.15) is 35.4 Å². The Kier molecular flexibility index (Phi) is 7.90. The summed E-state index contributed by atoms with van der Waals surface area (Å²) in [4.78, 5) is 43.5. The minimum Gasteiger partial charge on any atom is -0.369 e. The number of rotatable bonds is 8. The van der Waals surface area contributed by atoms with Crippen molar-refractivity contribution in [3.05, 3.63) is 102 Å². The van der Waals surface area contributed by atoms with E-state index in [4.69, 9.17) is 5.73 Å². The van der Waals surface area contributed by atoms with E-state index in [2.05, 4.69) is 15.6 Å². The summed E-state index contributed by atoms with van der Waals surface area (Å²) in [7, 11) is 0. The highest BCUT2D eigenvalue weighted by molar-refractivity contribution is 6.19. The molecule has 3 aromatic carbocycles. The molecule has 1 aliphatic heterocycles. The minimum atomic E-state index is -4.57. The first kappa shape index (κ1) is 26.6. The number of nitrogens with two attached hydrogens (primary N) is 1. The molecule has 10 heteroatoms. The summed E-state index contributed by atoms with van der Waals surface area (Å²) in [6, 6.07) is 23.8. The maximum Gasteiger partial charge on any atom is 0.389 e. The van der Waals surface area contributed by atoms with Crippen LogP contribution >= 0.6 is 0 Å². The molecule has 0 aromatic heterocycles. The van der Waals surface area contributed by atoms with E-state index < -0.39 is 54.7 Å². The lowest BCUT2D eigenvalue weighted by Gasteiger charge is -2.26. The van der Waals surface area contributed by atoms with Crippen molar-refractivity contribution in [2.24, 2.45) is 16.6 Å². The standard InChI is InChI=1S/C28H25F3N4O3/c29-28(30,31)16-15-20(22(24(32)36)17-9-3-1-4-10-17)26(37)35-25-27(38)33-21-14-8-7-13-19(21)23(34-25)18-11-5-2-6-12-18/h1-14,20,22,25H,15-16H2,(H2,32,36)(H,33,38)(H,35,37)/t20-,22+,25-/m1/s1. The van der Waals surface area contributed by atoms with Crippen molar-refractivity contribution in [1.29, 1.82) is 0 Å². The first-order valence-corrected chi connectivity index (χ1v) is 11.9. The second kappa shape index (κ2) is 11.3. The summed E-state index contributed by atoms with van der Waals surface area (Å²) in [5, 5.41) is 5.19. The molecule has 0 saturated heterocycles. The fourth-order valence-electron chi connectivity index (χ4n) is 4.45. The van der Waals surface area contributed by atoms with Crippen molar-refractivity contribution in [3.8, 4) is 0 Å². The second-order valence-corrected chi connectivity index (χ2v) is 8.84. The molecule has 0 bridgehead atoms. The van der Waals surface area contributed by atoms with E-state index in [-0.39, 0.29) is 0 Å². The SMILES string of the molecule is NC(=O)[C@@H](c1ccccc1)[C@@H](CCC(F)(F)F)C(=O)N[C@H]1N=C(c2ccccc2)c2ccccc2NC1=O. The molecule has 38 heavy (non-hydrogen) atoms. The molecule has 1 heterocycles. The van der Waals surface area contributed by atoms with Crippen LogP contribution in [0.2, 0.25) is 0 Å². The molecule has 0 fully saturated rings. The van der Waals surface area contributed by atoms with Crippen LogP contribution in [0.5, 0.6) is 0 Å². The quantitative estimate of drug-likeness (QED) is 0.413. The number of anilines is 1. The average Bonchev–Trinajstić information content (AvgIpc) is 3.02. The van der Waals surface area contributed by atoms with Gasteiger partial charge in [-0.05, 0) is 18.1 Å². The average molecular weight is 523 g/mol. The number of fused-ring (bicyclic) bond motifs is 1. The lowest BCUT2D eigenvalue weighted by atomic mass is 9.81. The van der Waals surface area contributed by atoms with Gasteiger partial charge in [0, 0.05) is 17.5 Å². The van der Waals surface area contributed by atoms with Crippen LogP contribution in [0.4, 0.5) is 18.9 Å². The highest BCUT2D eigenvalue weighted by Gasteiger charge is 2.39. The van der Waals surface area contributed by atoms with E-state index in [9.17, 15) is 27.6 Å². The van der Waals surface area contributed by atoms with Gasteiger partial charge in [0.1, 0.15) is 0 Å². The van der Waals surface area contributed by atoms with E-state index in [1.54, 1.807) is 66.7 Å². The van der Waals surface area contributed by atoms with Gasteiger partial charge < -0.3 is 16.4 Å². The van der Waals surface area contributed by atoms with Crippen LogP contribution < -0.4 is 16.4 Å². The number of hydrogen-bond acceptors (Lipinski definition) is 4. The molecule has 4 N–H and O–H groups in total. The number of halogens is 3. The molecular formula is C28H25F3N4O3. The van der Waals surface area contributed by atoms with Crippen molar-refractivity contribution in [3.63, 3.8) is 0 Å². The molecule has 0 saturated carbocycles. The molecule has 0 aliphatic carbocycles. The van der Waals surface area contributed by atoms with E-state index in [0.717, 1.165) is 0 Å². The van der Waals surface area contributed by atoms with E-state index in [1.807, 2.05) is 6.07 Å². The summed E-state index contributed by atoms with van der Waals surface area (Å²) in [6.07, 6.45) is -8.07. The number of carbonyl (C=O) groups is 3. The van der Waals surface area contributed by atoms with Crippen LogP contribution in [0.15, 0.2) is 89.9 Å². The number of para-hydroxylation sites is 1. The number of primary amides is 1. The van der Waals surface area contributed by atoms with Crippen molar-refractivity contribution >= 4 is 29.1 Å². The molecule has 196 valence electrons. The zero-order chi connectivity index (χ0) is 27.3. The normalized spacial score (nSPS) is 16.8.